The maximum absolute atomic E-state index is 9.32. The van der Waals surface area contributed by atoms with Gasteiger partial charge in [0.2, 0.25) is 0 Å². The van der Waals surface area contributed by atoms with E-state index in [2.05, 4.69) is 0 Å². The van der Waals surface area contributed by atoms with Crippen LogP contribution in [0, 0.1) is 0 Å². The molecule has 0 aromatic heterocycles. The van der Waals surface area contributed by atoms with E-state index in [0.29, 0.717) is 6.61 Å². The summed E-state index contributed by atoms with van der Waals surface area (Å²) in [6.45, 7) is 0.534. The predicted molar refractivity (Wildman–Crippen MR) is 63.1 cm³/mol. The van der Waals surface area contributed by atoms with Crippen molar-refractivity contribution in [2.75, 3.05) is 0 Å². The monoisotopic (exact) mass is 221 g/mol. The van der Waals surface area contributed by atoms with E-state index in [1.165, 1.54) is 12.8 Å². The Labute approximate surface area is 96.2 Å². The molecule has 1 aliphatic carbocycles. The van der Waals surface area contributed by atoms with Gasteiger partial charge in [-0.15, -0.1) is 0 Å². The summed E-state index contributed by atoms with van der Waals surface area (Å²) in [5.41, 5.74) is 7.00. The zero-order valence-corrected chi connectivity index (χ0v) is 9.43. The fourth-order valence-corrected chi connectivity index (χ4v) is 2.18. The van der Waals surface area contributed by atoms with Crippen LogP contribution in [-0.2, 0) is 11.3 Å². The van der Waals surface area contributed by atoms with Crippen LogP contribution in [0.3, 0.4) is 0 Å². The van der Waals surface area contributed by atoms with Crippen LogP contribution in [0.2, 0.25) is 0 Å². The van der Waals surface area contributed by atoms with E-state index >= 15 is 0 Å². The number of aromatic hydroxyl groups is 1. The molecular weight excluding hydrogens is 202 g/mol. The van der Waals surface area contributed by atoms with Gasteiger partial charge in [-0.3, -0.25) is 0 Å². The normalized spacial score (nSPS) is 25.6. The summed E-state index contributed by atoms with van der Waals surface area (Å²) in [6.07, 6.45) is 4.71. The maximum atomic E-state index is 9.32. The standard InChI is InChI=1S/C13H19NO2/c14-12-6-1-2-7-13(12)16-9-10-4-3-5-11(15)8-10/h3-5,8,12-13,15H,1-2,6-7,9,14H2. The number of phenolic OH excluding ortho intramolecular Hbond substituents is 1. The Bertz CT molecular complexity index is 340. The van der Waals surface area contributed by atoms with Crippen molar-refractivity contribution in [1.29, 1.82) is 0 Å². The molecule has 16 heavy (non-hydrogen) atoms. The largest absolute Gasteiger partial charge is 0.508 e. The molecule has 3 N–H and O–H groups in total. The molecule has 88 valence electrons. The third kappa shape index (κ3) is 2.97. The molecule has 1 saturated carbocycles. The van der Waals surface area contributed by atoms with Gasteiger partial charge in [0.15, 0.2) is 0 Å². The van der Waals surface area contributed by atoms with E-state index in [-0.39, 0.29) is 17.9 Å². The maximum Gasteiger partial charge on any atom is 0.115 e. The number of phenols is 1. The number of rotatable bonds is 3. The lowest BCUT2D eigenvalue weighted by molar-refractivity contribution is 0.00398. The van der Waals surface area contributed by atoms with E-state index in [4.69, 9.17) is 10.5 Å². The van der Waals surface area contributed by atoms with E-state index in [1.807, 2.05) is 12.1 Å². The summed E-state index contributed by atoms with van der Waals surface area (Å²) >= 11 is 0. The minimum atomic E-state index is 0.172. The average molecular weight is 221 g/mol. The lowest BCUT2D eigenvalue weighted by atomic mass is 9.93. The van der Waals surface area contributed by atoms with Crippen molar-refractivity contribution >= 4 is 0 Å². The second-order valence-electron chi connectivity index (χ2n) is 4.47. The third-order valence-electron chi connectivity index (χ3n) is 3.13. The van der Waals surface area contributed by atoms with Crippen LogP contribution >= 0.6 is 0 Å². The molecule has 0 saturated heterocycles. The lowest BCUT2D eigenvalue weighted by Gasteiger charge is -2.28. The van der Waals surface area contributed by atoms with Gasteiger partial charge in [0.25, 0.3) is 0 Å². The van der Waals surface area contributed by atoms with E-state index in [0.717, 1.165) is 18.4 Å². The van der Waals surface area contributed by atoms with Crippen molar-refractivity contribution in [1.82, 2.24) is 0 Å². The van der Waals surface area contributed by atoms with E-state index < -0.39 is 0 Å². The van der Waals surface area contributed by atoms with Gasteiger partial charge < -0.3 is 15.6 Å². The van der Waals surface area contributed by atoms with E-state index in [9.17, 15) is 5.11 Å². The van der Waals surface area contributed by atoms with E-state index in [1.54, 1.807) is 12.1 Å². The summed E-state index contributed by atoms with van der Waals surface area (Å²) in [6, 6.07) is 7.35. The van der Waals surface area contributed by atoms with Crippen LogP contribution in [0.1, 0.15) is 31.2 Å². The molecule has 3 nitrogen and oxygen atoms in total. The summed E-state index contributed by atoms with van der Waals surface area (Å²) in [5.74, 6) is 0.286. The summed E-state index contributed by atoms with van der Waals surface area (Å²) in [5, 5.41) is 9.32. The molecule has 1 fully saturated rings. The van der Waals surface area contributed by atoms with Crippen LogP contribution < -0.4 is 5.73 Å². The van der Waals surface area contributed by atoms with Crippen LogP contribution in [-0.4, -0.2) is 17.3 Å². The van der Waals surface area contributed by atoms with Gasteiger partial charge in [0.05, 0.1) is 12.7 Å². The molecule has 1 aromatic rings. The second kappa shape index (κ2) is 5.32. The first-order valence-corrected chi connectivity index (χ1v) is 5.91. The van der Waals surface area contributed by atoms with Gasteiger partial charge >= 0.3 is 0 Å². The smallest absolute Gasteiger partial charge is 0.115 e. The molecule has 3 heteroatoms. The van der Waals surface area contributed by atoms with Crippen LogP contribution in [0.25, 0.3) is 0 Å². The zero-order chi connectivity index (χ0) is 11.4. The minimum Gasteiger partial charge on any atom is -0.508 e. The third-order valence-corrected chi connectivity index (χ3v) is 3.13. The Morgan fingerprint density at radius 2 is 2.12 bits per heavy atom. The molecule has 2 rings (SSSR count). The first-order chi connectivity index (χ1) is 7.75. The van der Waals surface area contributed by atoms with Gasteiger partial charge in [-0.1, -0.05) is 25.0 Å². The highest BCUT2D eigenvalue weighted by molar-refractivity contribution is 5.26. The molecular formula is C13H19NO2. The van der Waals surface area contributed by atoms with Gasteiger partial charge in [-0.05, 0) is 30.5 Å². The quantitative estimate of drug-likeness (QED) is 0.822. The molecule has 2 atom stereocenters. The van der Waals surface area contributed by atoms with Crippen molar-refractivity contribution in [3.05, 3.63) is 29.8 Å². The van der Waals surface area contributed by atoms with Crippen molar-refractivity contribution in [2.24, 2.45) is 5.73 Å². The van der Waals surface area contributed by atoms with Crippen molar-refractivity contribution in [2.45, 2.75) is 44.4 Å². The van der Waals surface area contributed by atoms with Crippen LogP contribution in [0.15, 0.2) is 24.3 Å². The van der Waals surface area contributed by atoms with Crippen molar-refractivity contribution < 1.29 is 9.84 Å². The predicted octanol–water partition coefficient (Wildman–Crippen LogP) is 2.18. The van der Waals surface area contributed by atoms with Crippen molar-refractivity contribution in [3.63, 3.8) is 0 Å². The summed E-state index contributed by atoms with van der Waals surface area (Å²) in [4.78, 5) is 0. The molecule has 2 unspecified atom stereocenters. The molecule has 0 spiro atoms. The molecule has 1 aromatic carbocycles. The Hall–Kier alpha value is -1.06. The Morgan fingerprint density at radius 3 is 2.88 bits per heavy atom. The molecule has 0 bridgehead atoms. The number of ether oxygens (including phenoxy) is 1. The number of hydrogen-bond acceptors (Lipinski definition) is 3. The van der Waals surface area contributed by atoms with Gasteiger partial charge in [-0.25, -0.2) is 0 Å². The highest BCUT2D eigenvalue weighted by Gasteiger charge is 2.22. The Morgan fingerprint density at radius 1 is 1.31 bits per heavy atom. The Balaban J connectivity index is 1.86. The number of hydrogen-bond donors (Lipinski definition) is 2. The molecule has 0 radical (unpaired) electrons. The fourth-order valence-electron chi connectivity index (χ4n) is 2.18. The highest BCUT2D eigenvalue weighted by Crippen LogP contribution is 2.21. The topological polar surface area (TPSA) is 55.5 Å². The molecule has 1 aliphatic rings. The summed E-state index contributed by atoms with van der Waals surface area (Å²) in [7, 11) is 0. The van der Waals surface area contributed by atoms with Crippen molar-refractivity contribution in [3.8, 4) is 5.75 Å². The fraction of sp³-hybridized carbons (Fsp3) is 0.538. The minimum absolute atomic E-state index is 0.172. The number of nitrogens with two attached hydrogens (primary N) is 1. The van der Waals surface area contributed by atoms with Crippen LogP contribution in [0.5, 0.6) is 5.75 Å². The first-order valence-electron chi connectivity index (χ1n) is 5.91. The van der Waals surface area contributed by atoms with Gasteiger partial charge in [0.1, 0.15) is 5.75 Å². The van der Waals surface area contributed by atoms with Gasteiger partial charge in [-0.2, -0.15) is 0 Å². The molecule has 0 heterocycles. The molecule has 0 amide bonds. The lowest BCUT2D eigenvalue weighted by Crippen LogP contribution is -2.39. The first kappa shape index (κ1) is 11.4. The highest BCUT2D eigenvalue weighted by atomic mass is 16.5. The average Bonchev–Trinajstić information content (AvgIpc) is 2.28. The van der Waals surface area contributed by atoms with Crippen LogP contribution in [0.4, 0.5) is 0 Å². The molecule has 0 aliphatic heterocycles. The Kier molecular flexibility index (Phi) is 3.80. The summed E-state index contributed by atoms with van der Waals surface area (Å²) < 4.78 is 5.80. The zero-order valence-electron chi connectivity index (χ0n) is 9.43. The van der Waals surface area contributed by atoms with Gasteiger partial charge in [0, 0.05) is 6.04 Å². The number of benzene rings is 1. The second-order valence-corrected chi connectivity index (χ2v) is 4.47. The SMILES string of the molecule is NC1CCCCC1OCc1cccc(O)c1.